The summed E-state index contributed by atoms with van der Waals surface area (Å²) in [6.45, 7) is 2.19. The zero-order valence-corrected chi connectivity index (χ0v) is 16.0. The molecular formula is C22H21ClN4. The number of imidazole rings is 1. The van der Waals surface area contributed by atoms with Gasteiger partial charge in [-0.1, -0.05) is 31.0 Å². The predicted octanol–water partition coefficient (Wildman–Crippen LogP) is 5.49. The molecule has 27 heavy (non-hydrogen) atoms. The fourth-order valence-corrected chi connectivity index (χ4v) is 4.07. The minimum absolute atomic E-state index is 0.0191. The van der Waals surface area contributed by atoms with Crippen LogP contribution in [0.4, 0.5) is 0 Å². The largest absolute Gasteiger partial charge is 0.298 e. The summed E-state index contributed by atoms with van der Waals surface area (Å²) >= 11 is 6.40. The molecule has 1 aromatic carbocycles. The van der Waals surface area contributed by atoms with Crippen LogP contribution in [0.5, 0.6) is 0 Å². The van der Waals surface area contributed by atoms with Gasteiger partial charge in [-0.05, 0) is 49.6 Å². The smallest absolute Gasteiger partial charge is 0.138 e. The first kappa shape index (κ1) is 16.7. The molecule has 4 nitrogen and oxygen atoms in total. The molecule has 3 aromatic rings. The minimum atomic E-state index is 0.0191. The molecule has 1 saturated carbocycles. The lowest BCUT2D eigenvalue weighted by Crippen LogP contribution is -2.10. The van der Waals surface area contributed by atoms with Crippen molar-refractivity contribution < 1.29 is 0 Å². The monoisotopic (exact) mass is 376 g/mol. The summed E-state index contributed by atoms with van der Waals surface area (Å²) in [6.07, 6.45) is 8.34. The molecule has 3 heterocycles. The molecular weight excluding hydrogens is 356 g/mol. The lowest BCUT2D eigenvalue weighted by molar-refractivity contribution is 0.596. The molecule has 0 spiro atoms. The van der Waals surface area contributed by atoms with Crippen LogP contribution in [0.25, 0.3) is 5.69 Å². The van der Waals surface area contributed by atoms with Gasteiger partial charge in [0.25, 0.3) is 0 Å². The third-order valence-electron chi connectivity index (χ3n) is 5.32. The summed E-state index contributed by atoms with van der Waals surface area (Å²) in [4.78, 5) is 14.6. The number of pyridine rings is 1. The molecule has 1 aliphatic heterocycles. The maximum absolute atomic E-state index is 6.40. The van der Waals surface area contributed by atoms with Gasteiger partial charge in [0, 0.05) is 34.6 Å². The molecule has 5 rings (SSSR count). The third kappa shape index (κ3) is 2.88. The van der Waals surface area contributed by atoms with Crippen LogP contribution in [0.2, 0.25) is 5.02 Å². The van der Waals surface area contributed by atoms with E-state index < -0.39 is 0 Å². The SMILES string of the molecule is CCC[C@@H]1N=C(c2ccccn2)c2cc(Cl)ccc2-n2c(C3CC3)cnc21. The minimum Gasteiger partial charge on any atom is -0.298 e. The highest BCUT2D eigenvalue weighted by Crippen LogP contribution is 2.44. The van der Waals surface area contributed by atoms with E-state index in [9.17, 15) is 0 Å². The van der Waals surface area contributed by atoms with Crippen molar-refractivity contribution in [3.8, 4) is 5.69 Å². The number of benzene rings is 1. The van der Waals surface area contributed by atoms with Gasteiger partial charge in [0.05, 0.1) is 17.1 Å². The number of rotatable bonds is 4. The molecule has 0 amide bonds. The van der Waals surface area contributed by atoms with E-state index in [1.807, 2.05) is 36.5 Å². The van der Waals surface area contributed by atoms with E-state index in [4.69, 9.17) is 21.6 Å². The molecule has 0 unspecified atom stereocenters. The normalized spacial score (nSPS) is 18.4. The van der Waals surface area contributed by atoms with E-state index in [-0.39, 0.29) is 6.04 Å². The van der Waals surface area contributed by atoms with Crippen molar-refractivity contribution in [3.05, 3.63) is 76.6 Å². The van der Waals surface area contributed by atoms with Crippen LogP contribution in [0.15, 0.2) is 53.8 Å². The van der Waals surface area contributed by atoms with Gasteiger partial charge in [-0.15, -0.1) is 0 Å². The maximum atomic E-state index is 6.40. The first-order valence-corrected chi connectivity index (χ1v) is 10.0. The average molecular weight is 377 g/mol. The number of aliphatic imine (C=N–C) groups is 1. The zero-order valence-electron chi connectivity index (χ0n) is 15.3. The second kappa shape index (κ2) is 6.61. The highest BCUT2D eigenvalue weighted by molar-refractivity contribution is 6.31. The van der Waals surface area contributed by atoms with Crippen LogP contribution in [-0.4, -0.2) is 20.2 Å². The van der Waals surface area contributed by atoms with Crippen LogP contribution >= 0.6 is 11.6 Å². The maximum Gasteiger partial charge on any atom is 0.138 e. The fourth-order valence-electron chi connectivity index (χ4n) is 3.89. The van der Waals surface area contributed by atoms with E-state index in [0.29, 0.717) is 10.9 Å². The molecule has 5 heteroatoms. The summed E-state index contributed by atoms with van der Waals surface area (Å²) in [5.74, 6) is 1.64. The van der Waals surface area contributed by atoms with Gasteiger partial charge in [0.2, 0.25) is 0 Å². The van der Waals surface area contributed by atoms with Gasteiger partial charge >= 0.3 is 0 Å². The third-order valence-corrected chi connectivity index (χ3v) is 5.55. The zero-order chi connectivity index (χ0) is 18.4. The topological polar surface area (TPSA) is 43.1 Å². The van der Waals surface area contributed by atoms with E-state index in [0.717, 1.165) is 41.3 Å². The van der Waals surface area contributed by atoms with Gasteiger partial charge in [0.1, 0.15) is 11.9 Å². The van der Waals surface area contributed by atoms with Crippen molar-refractivity contribution in [2.75, 3.05) is 0 Å². The Labute approximate surface area is 164 Å². The molecule has 0 radical (unpaired) electrons. The van der Waals surface area contributed by atoms with Crippen LogP contribution < -0.4 is 0 Å². The van der Waals surface area contributed by atoms with E-state index in [1.54, 1.807) is 0 Å². The van der Waals surface area contributed by atoms with Crippen molar-refractivity contribution in [2.24, 2.45) is 4.99 Å². The second-order valence-corrected chi connectivity index (χ2v) is 7.75. The lowest BCUT2D eigenvalue weighted by atomic mass is 10.0. The van der Waals surface area contributed by atoms with Gasteiger partial charge < -0.3 is 0 Å². The first-order chi connectivity index (χ1) is 13.3. The fraction of sp³-hybridized carbons (Fsp3) is 0.318. The number of hydrogen-bond donors (Lipinski definition) is 0. The Morgan fingerprint density at radius 2 is 2.04 bits per heavy atom. The Bertz CT molecular complexity index is 1020. The summed E-state index contributed by atoms with van der Waals surface area (Å²) in [5, 5.41) is 0.709. The quantitative estimate of drug-likeness (QED) is 0.604. The molecule has 0 N–H and O–H groups in total. The highest BCUT2D eigenvalue weighted by atomic mass is 35.5. The van der Waals surface area contributed by atoms with Crippen molar-refractivity contribution in [2.45, 2.75) is 44.6 Å². The van der Waals surface area contributed by atoms with Crippen LogP contribution in [0, 0.1) is 0 Å². The van der Waals surface area contributed by atoms with E-state index in [2.05, 4.69) is 28.7 Å². The predicted molar refractivity (Wildman–Crippen MR) is 108 cm³/mol. The molecule has 136 valence electrons. The summed E-state index contributed by atoms with van der Waals surface area (Å²) in [7, 11) is 0. The Morgan fingerprint density at radius 3 is 2.78 bits per heavy atom. The number of aromatic nitrogens is 3. The number of hydrogen-bond acceptors (Lipinski definition) is 3. The Morgan fingerprint density at radius 1 is 1.15 bits per heavy atom. The van der Waals surface area contributed by atoms with Crippen LogP contribution in [0.3, 0.4) is 0 Å². The highest BCUT2D eigenvalue weighted by Gasteiger charge is 2.33. The molecule has 0 bridgehead atoms. The van der Waals surface area contributed by atoms with Crippen LogP contribution in [0.1, 0.15) is 67.3 Å². The summed E-state index contributed by atoms with van der Waals surface area (Å²) in [5.41, 5.74) is 5.21. The first-order valence-electron chi connectivity index (χ1n) is 9.63. The number of halogens is 1. The summed E-state index contributed by atoms with van der Waals surface area (Å²) in [6, 6.07) is 12.0. The lowest BCUT2D eigenvalue weighted by Gasteiger charge is -2.15. The molecule has 1 fully saturated rings. The molecule has 2 aromatic heterocycles. The van der Waals surface area contributed by atoms with Gasteiger partial charge in [-0.3, -0.25) is 14.5 Å². The van der Waals surface area contributed by atoms with Gasteiger partial charge in [0.15, 0.2) is 0 Å². The second-order valence-electron chi connectivity index (χ2n) is 7.31. The average Bonchev–Trinajstić information content (AvgIpc) is 3.46. The van der Waals surface area contributed by atoms with Crippen molar-refractivity contribution in [1.82, 2.24) is 14.5 Å². The number of nitrogens with zero attached hydrogens (tertiary/aromatic N) is 4. The molecule has 1 aliphatic carbocycles. The van der Waals surface area contributed by atoms with Gasteiger partial charge in [-0.2, -0.15) is 0 Å². The summed E-state index contributed by atoms with van der Waals surface area (Å²) < 4.78 is 2.34. The number of fused-ring (bicyclic) bond motifs is 3. The van der Waals surface area contributed by atoms with Crippen molar-refractivity contribution >= 4 is 17.3 Å². The van der Waals surface area contributed by atoms with Crippen molar-refractivity contribution in [1.29, 1.82) is 0 Å². The van der Waals surface area contributed by atoms with Crippen LogP contribution in [-0.2, 0) is 0 Å². The Balaban J connectivity index is 1.80. The van der Waals surface area contributed by atoms with Crippen molar-refractivity contribution in [3.63, 3.8) is 0 Å². The van der Waals surface area contributed by atoms with E-state index in [1.165, 1.54) is 18.5 Å². The van der Waals surface area contributed by atoms with E-state index >= 15 is 0 Å². The Hall–Kier alpha value is -2.46. The molecule has 0 saturated heterocycles. The van der Waals surface area contributed by atoms with Gasteiger partial charge in [-0.25, -0.2) is 4.98 Å². The standard InChI is InChI=1S/C22H21ClN4/c1-2-5-18-22-25-13-20(14-7-8-14)27(22)19-10-9-15(23)12-16(19)21(26-18)17-6-3-4-11-24-17/h3-4,6,9-14,18H,2,5,7-8H2,1H3/t18-/m0/s1. The Kier molecular flexibility index (Phi) is 4.09. The molecule has 1 atom stereocenters. The molecule has 2 aliphatic rings.